The van der Waals surface area contributed by atoms with Crippen molar-refractivity contribution in [2.45, 2.75) is 25.1 Å². The molecule has 0 aromatic carbocycles. The second kappa shape index (κ2) is 5.44. The van der Waals surface area contributed by atoms with Crippen molar-refractivity contribution in [3.05, 3.63) is 0 Å². The maximum atomic E-state index is 11.9. The summed E-state index contributed by atoms with van der Waals surface area (Å²) >= 11 is 0. The number of rotatable bonds is 3. The zero-order valence-corrected chi connectivity index (χ0v) is 10.0. The minimum Gasteiger partial charge on any atom is -0.362 e. The van der Waals surface area contributed by atoms with Gasteiger partial charge in [-0.15, -0.1) is 0 Å². The van der Waals surface area contributed by atoms with Crippen molar-refractivity contribution in [3.8, 4) is 0 Å². The summed E-state index contributed by atoms with van der Waals surface area (Å²) in [4.78, 5) is 13.5. The van der Waals surface area contributed by atoms with Gasteiger partial charge in [0, 0.05) is 25.7 Å². The van der Waals surface area contributed by atoms with Crippen LogP contribution in [0.2, 0.25) is 0 Å². The van der Waals surface area contributed by atoms with E-state index in [0.29, 0.717) is 12.5 Å². The van der Waals surface area contributed by atoms with Crippen molar-refractivity contribution in [2.24, 2.45) is 5.92 Å². The van der Waals surface area contributed by atoms with Gasteiger partial charge in [0.15, 0.2) is 0 Å². The van der Waals surface area contributed by atoms with Gasteiger partial charge in [-0.1, -0.05) is 0 Å². The van der Waals surface area contributed by atoms with Gasteiger partial charge in [0.05, 0.1) is 0 Å². The van der Waals surface area contributed by atoms with Crippen LogP contribution in [0.4, 0.5) is 13.2 Å². The Morgan fingerprint density at radius 3 is 2.89 bits per heavy atom. The molecule has 0 radical (unpaired) electrons. The fourth-order valence-electron chi connectivity index (χ4n) is 2.71. The number of piperidine rings is 1. The summed E-state index contributed by atoms with van der Waals surface area (Å²) in [6.07, 6.45) is -2.39. The van der Waals surface area contributed by atoms with Gasteiger partial charge in [-0.05, 0) is 18.8 Å². The average molecular weight is 266 g/mol. The van der Waals surface area contributed by atoms with E-state index in [1.807, 2.05) is 0 Å². The third-order valence-electron chi connectivity index (χ3n) is 3.49. The van der Waals surface area contributed by atoms with Gasteiger partial charge in [0.2, 0.25) is 5.91 Å². The molecule has 0 aromatic rings. The van der Waals surface area contributed by atoms with E-state index in [0.717, 1.165) is 25.9 Å². The number of ether oxygens (including phenoxy) is 1. The molecule has 2 fully saturated rings. The Bertz CT molecular complexity index is 309. The molecule has 18 heavy (non-hydrogen) atoms. The highest BCUT2D eigenvalue weighted by Crippen LogP contribution is 2.26. The van der Waals surface area contributed by atoms with Crippen molar-refractivity contribution < 1.29 is 22.7 Å². The molecule has 1 N–H and O–H groups in total. The molecule has 0 bridgehead atoms. The SMILES string of the molecule is O=C(COCC(F)(F)F)N1CCCC2CNCC21. The summed E-state index contributed by atoms with van der Waals surface area (Å²) < 4.78 is 40.1. The van der Waals surface area contributed by atoms with Crippen LogP contribution in [0.3, 0.4) is 0 Å². The van der Waals surface area contributed by atoms with Crippen molar-refractivity contribution in [3.63, 3.8) is 0 Å². The largest absolute Gasteiger partial charge is 0.411 e. The molecule has 104 valence electrons. The summed E-state index contributed by atoms with van der Waals surface area (Å²) in [5.41, 5.74) is 0. The smallest absolute Gasteiger partial charge is 0.362 e. The maximum absolute atomic E-state index is 11.9. The zero-order valence-electron chi connectivity index (χ0n) is 10.0. The molecular formula is C11H17F3N2O2. The van der Waals surface area contributed by atoms with Crippen LogP contribution in [0.1, 0.15) is 12.8 Å². The first-order valence-electron chi connectivity index (χ1n) is 6.12. The van der Waals surface area contributed by atoms with Crippen LogP contribution in [0.15, 0.2) is 0 Å². The van der Waals surface area contributed by atoms with Crippen LogP contribution in [-0.2, 0) is 9.53 Å². The first kappa shape index (κ1) is 13.6. The lowest BCUT2D eigenvalue weighted by Crippen LogP contribution is -2.49. The summed E-state index contributed by atoms with van der Waals surface area (Å²) in [5, 5.41) is 3.21. The number of halogens is 3. The highest BCUT2D eigenvalue weighted by atomic mass is 19.4. The number of hydrogen-bond acceptors (Lipinski definition) is 3. The standard InChI is InChI=1S/C11H17F3N2O2/c12-11(13,14)7-18-6-10(17)16-3-1-2-8-4-15-5-9(8)16/h8-9,15H,1-7H2. The predicted octanol–water partition coefficient (Wildman–Crippen LogP) is 0.776. The number of amides is 1. The fraction of sp³-hybridized carbons (Fsp3) is 0.909. The molecule has 1 amide bonds. The molecular weight excluding hydrogens is 249 g/mol. The van der Waals surface area contributed by atoms with Crippen LogP contribution >= 0.6 is 0 Å². The second-order valence-corrected chi connectivity index (χ2v) is 4.82. The number of carbonyl (C=O) groups excluding carboxylic acids is 1. The minimum atomic E-state index is -4.38. The van der Waals surface area contributed by atoms with Crippen LogP contribution in [0.5, 0.6) is 0 Å². The second-order valence-electron chi connectivity index (χ2n) is 4.82. The quantitative estimate of drug-likeness (QED) is 0.820. The van der Waals surface area contributed by atoms with Crippen molar-refractivity contribution in [1.82, 2.24) is 10.2 Å². The van der Waals surface area contributed by atoms with Crippen LogP contribution in [0.25, 0.3) is 0 Å². The van der Waals surface area contributed by atoms with E-state index >= 15 is 0 Å². The molecule has 0 spiro atoms. The number of nitrogens with zero attached hydrogens (tertiary/aromatic N) is 1. The van der Waals surface area contributed by atoms with E-state index in [-0.39, 0.29) is 11.9 Å². The molecule has 0 aliphatic carbocycles. The number of carbonyl (C=O) groups is 1. The monoisotopic (exact) mass is 266 g/mol. The van der Waals surface area contributed by atoms with E-state index in [9.17, 15) is 18.0 Å². The van der Waals surface area contributed by atoms with Crippen LogP contribution in [0, 0.1) is 5.92 Å². The number of fused-ring (bicyclic) bond motifs is 1. The van der Waals surface area contributed by atoms with Gasteiger partial charge < -0.3 is 15.0 Å². The summed E-state index contributed by atoms with van der Waals surface area (Å²) in [6, 6.07) is 0.126. The summed E-state index contributed by atoms with van der Waals surface area (Å²) in [5.74, 6) is 0.1000. The summed E-state index contributed by atoms with van der Waals surface area (Å²) in [7, 11) is 0. The van der Waals surface area contributed by atoms with Gasteiger partial charge >= 0.3 is 6.18 Å². The van der Waals surface area contributed by atoms with Crippen molar-refractivity contribution >= 4 is 5.91 Å². The molecule has 2 saturated heterocycles. The molecule has 2 unspecified atom stereocenters. The number of alkyl halides is 3. The summed E-state index contributed by atoms with van der Waals surface area (Å²) in [6.45, 7) is 0.395. The highest BCUT2D eigenvalue weighted by Gasteiger charge is 2.37. The highest BCUT2D eigenvalue weighted by molar-refractivity contribution is 5.78. The average Bonchev–Trinajstić information content (AvgIpc) is 2.74. The van der Waals surface area contributed by atoms with Gasteiger partial charge in [0.1, 0.15) is 13.2 Å². The number of likely N-dealkylation sites (tertiary alicyclic amines) is 1. The Hall–Kier alpha value is -0.820. The van der Waals surface area contributed by atoms with E-state index in [4.69, 9.17) is 0 Å². The van der Waals surface area contributed by atoms with Crippen LogP contribution < -0.4 is 5.32 Å². The zero-order chi connectivity index (χ0) is 13.2. The third-order valence-corrected chi connectivity index (χ3v) is 3.49. The molecule has 7 heteroatoms. The predicted molar refractivity (Wildman–Crippen MR) is 58.0 cm³/mol. The molecule has 2 aliphatic heterocycles. The molecule has 2 heterocycles. The molecule has 2 rings (SSSR count). The lowest BCUT2D eigenvalue weighted by Gasteiger charge is -2.37. The molecule has 4 nitrogen and oxygen atoms in total. The van der Waals surface area contributed by atoms with Gasteiger partial charge in [-0.25, -0.2) is 0 Å². The molecule has 2 aliphatic rings. The van der Waals surface area contributed by atoms with Gasteiger partial charge in [-0.3, -0.25) is 4.79 Å². The molecule has 0 saturated carbocycles. The van der Waals surface area contributed by atoms with E-state index < -0.39 is 19.4 Å². The maximum Gasteiger partial charge on any atom is 0.411 e. The Morgan fingerprint density at radius 1 is 1.39 bits per heavy atom. The number of nitrogens with one attached hydrogen (secondary N) is 1. The van der Waals surface area contributed by atoms with Gasteiger partial charge in [-0.2, -0.15) is 13.2 Å². The van der Waals surface area contributed by atoms with Crippen molar-refractivity contribution in [2.75, 3.05) is 32.8 Å². The third kappa shape index (κ3) is 3.35. The lowest BCUT2D eigenvalue weighted by atomic mass is 9.92. The van der Waals surface area contributed by atoms with E-state index in [1.54, 1.807) is 4.90 Å². The number of hydrogen-bond donors (Lipinski definition) is 1. The minimum absolute atomic E-state index is 0.126. The topological polar surface area (TPSA) is 41.6 Å². The Kier molecular flexibility index (Phi) is 4.11. The van der Waals surface area contributed by atoms with Crippen molar-refractivity contribution in [1.29, 1.82) is 0 Å². The molecule has 2 atom stereocenters. The van der Waals surface area contributed by atoms with Crippen LogP contribution in [-0.4, -0.2) is 55.9 Å². The lowest BCUT2D eigenvalue weighted by molar-refractivity contribution is -0.178. The fourth-order valence-corrected chi connectivity index (χ4v) is 2.71. The normalized spacial score (nSPS) is 28.3. The first-order chi connectivity index (χ1) is 8.47. The first-order valence-corrected chi connectivity index (χ1v) is 6.12. The molecule has 0 aromatic heterocycles. The Morgan fingerprint density at radius 2 is 2.17 bits per heavy atom. The van der Waals surface area contributed by atoms with Gasteiger partial charge in [0.25, 0.3) is 0 Å². The Balaban J connectivity index is 1.81. The van der Waals surface area contributed by atoms with E-state index in [1.165, 1.54) is 0 Å². The Labute approximate surface area is 103 Å². The van der Waals surface area contributed by atoms with E-state index in [2.05, 4.69) is 10.1 Å².